The predicted molar refractivity (Wildman–Crippen MR) is 98.7 cm³/mol. The van der Waals surface area contributed by atoms with E-state index < -0.39 is 0 Å². The van der Waals surface area contributed by atoms with Gasteiger partial charge >= 0.3 is 0 Å². The lowest BCUT2D eigenvalue weighted by Gasteiger charge is -2.08. The smallest absolute Gasteiger partial charge is 0.258 e. The maximum atomic E-state index is 12.3. The van der Waals surface area contributed by atoms with Crippen LogP contribution in [0.2, 0.25) is 0 Å². The summed E-state index contributed by atoms with van der Waals surface area (Å²) >= 11 is 0. The molecule has 0 atom stereocenters. The van der Waals surface area contributed by atoms with E-state index in [1.54, 1.807) is 54.6 Å². The number of ether oxygens (including phenoxy) is 1. The fraction of sp³-hybridized carbons (Fsp3) is 0.100. The molecule has 1 aromatic heterocycles. The molecule has 6 nitrogen and oxygen atoms in total. The van der Waals surface area contributed by atoms with Gasteiger partial charge in [0.1, 0.15) is 12.0 Å². The number of anilines is 2. The van der Waals surface area contributed by atoms with Crippen LogP contribution in [0.25, 0.3) is 0 Å². The van der Waals surface area contributed by atoms with Crippen LogP contribution in [0, 0.1) is 0 Å². The Kier molecular flexibility index (Phi) is 5.34. The van der Waals surface area contributed by atoms with Crippen LogP contribution in [0.5, 0.6) is 5.75 Å². The summed E-state index contributed by atoms with van der Waals surface area (Å²) < 4.78 is 10.2. The number of rotatable bonds is 6. The van der Waals surface area contributed by atoms with Crippen LogP contribution in [0.4, 0.5) is 11.4 Å². The molecule has 0 saturated carbocycles. The van der Waals surface area contributed by atoms with Crippen molar-refractivity contribution in [1.82, 2.24) is 0 Å². The Morgan fingerprint density at radius 3 is 1.96 bits per heavy atom. The number of nitrogens with one attached hydrogen (secondary N) is 2. The van der Waals surface area contributed by atoms with Crippen LogP contribution in [0.15, 0.2) is 71.5 Å². The molecule has 2 aromatic carbocycles. The maximum Gasteiger partial charge on any atom is 0.258 e. The molecule has 0 bridgehead atoms. The Balaban J connectivity index is 1.60. The van der Waals surface area contributed by atoms with Crippen LogP contribution < -0.4 is 15.4 Å². The molecule has 0 fully saturated rings. The second-order valence-electron chi connectivity index (χ2n) is 5.46. The third-order valence-corrected chi connectivity index (χ3v) is 3.61. The van der Waals surface area contributed by atoms with Crippen molar-refractivity contribution in [2.75, 3.05) is 17.2 Å². The normalized spacial score (nSPS) is 10.2. The molecule has 3 aromatic rings. The standard InChI is InChI=1S/C20H18N2O4/c1-2-26-18-9-7-17(8-10-18)21-19(23)14-3-5-16(6-4-14)22-20(24)15-11-12-25-13-15/h3-13H,2H2,1H3,(H,21,23)(H,22,24). The summed E-state index contributed by atoms with van der Waals surface area (Å²) in [6, 6.07) is 15.4. The Hall–Kier alpha value is -3.54. The molecule has 2 amide bonds. The van der Waals surface area contributed by atoms with Gasteiger partial charge in [0.2, 0.25) is 0 Å². The first-order valence-corrected chi connectivity index (χ1v) is 8.13. The molecule has 1 heterocycles. The van der Waals surface area contributed by atoms with Crippen molar-refractivity contribution in [2.24, 2.45) is 0 Å². The molecule has 0 aliphatic carbocycles. The van der Waals surface area contributed by atoms with Gasteiger partial charge < -0.3 is 19.8 Å². The summed E-state index contributed by atoms with van der Waals surface area (Å²) in [5.74, 6) is 0.246. The van der Waals surface area contributed by atoms with E-state index in [0.717, 1.165) is 5.75 Å². The van der Waals surface area contributed by atoms with Gasteiger partial charge in [-0.05, 0) is 61.5 Å². The summed E-state index contributed by atoms with van der Waals surface area (Å²) in [6.45, 7) is 2.51. The fourth-order valence-corrected chi connectivity index (χ4v) is 2.31. The van der Waals surface area contributed by atoms with Crippen LogP contribution in [-0.2, 0) is 0 Å². The van der Waals surface area contributed by atoms with Crippen molar-refractivity contribution in [3.63, 3.8) is 0 Å². The van der Waals surface area contributed by atoms with Crippen LogP contribution >= 0.6 is 0 Å². The first-order chi connectivity index (χ1) is 12.7. The highest BCUT2D eigenvalue weighted by atomic mass is 16.5. The van der Waals surface area contributed by atoms with E-state index in [0.29, 0.717) is 29.1 Å². The number of hydrogen-bond acceptors (Lipinski definition) is 4. The second kappa shape index (κ2) is 8.02. The van der Waals surface area contributed by atoms with Crippen LogP contribution in [-0.4, -0.2) is 18.4 Å². The number of benzene rings is 2. The van der Waals surface area contributed by atoms with E-state index in [4.69, 9.17) is 9.15 Å². The van der Waals surface area contributed by atoms with Crippen molar-refractivity contribution in [2.45, 2.75) is 6.92 Å². The van der Waals surface area contributed by atoms with Gasteiger partial charge in [-0.3, -0.25) is 9.59 Å². The minimum atomic E-state index is -0.273. The van der Waals surface area contributed by atoms with Gasteiger partial charge in [-0.1, -0.05) is 0 Å². The largest absolute Gasteiger partial charge is 0.494 e. The molecule has 0 unspecified atom stereocenters. The van der Waals surface area contributed by atoms with Gasteiger partial charge in [0.05, 0.1) is 18.4 Å². The van der Waals surface area contributed by atoms with Gasteiger partial charge in [0, 0.05) is 16.9 Å². The number of furan rings is 1. The lowest BCUT2D eigenvalue weighted by atomic mass is 10.2. The Bertz CT molecular complexity index is 869. The monoisotopic (exact) mass is 350 g/mol. The maximum absolute atomic E-state index is 12.3. The summed E-state index contributed by atoms with van der Waals surface area (Å²) in [4.78, 5) is 24.3. The summed E-state index contributed by atoms with van der Waals surface area (Å²) in [5.41, 5.74) is 2.19. The fourth-order valence-electron chi connectivity index (χ4n) is 2.31. The average molecular weight is 350 g/mol. The van der Waals surface area contributed by atoms with Crippen molar-refractivity contribution in [3.05, 3.63) is 78.3 Å². The highest BCUT2D eigenvalue weighted by Crippen LogP contribution is 2.17. The molecule has 0 aliphatic rings. The second-order valence-corrected chi connectivity index (χ2v) is 5.46. The van der Waals surface area contributed by atoms with Gasteiger partial charge in [0.15, 0.2) is 0 Å². The molecule has 0 saturated heterocycles. The lowest BCUT2D eigenvalue weighted by Crippen LogP contribution is -2.13. The summed E-state index contributed by atoms with van der Waals surface area (Å²) in [6.07, 6.45) is 2.80. The van der Waals surface area contributed by atoms with Gasteiger partial charge in [0.25, 0.3) is 11.8 Å². The summed E-state index contributed by atoms with van der Waals surface area (Å²) in [7, 11) is 0. The molecule has 0 spiro atoms. The molecule has 2 N–H and O–H groups in total. The highest BCUT2D eigenvalue weighted by molar-refractivity contribution is 6.06. The molecular weight excluding hydrogens is 332 g/mol. The minimum Gasteiger partial charge on any atom is -0.494 e. The SMILES string of the molecule is CCOc1ccc(NC(=O)c2ccc(NC(=O)c3ccoc3)cc2)cc1. The lowest BCUT2D eigenvalue weighted by molar-refractivity contribution is 0.101. The quantitative estimate of drug-likeness (QED) is 0.699. The average Bonchev–Trinajstić information content (AvgIpc) is 3.19. The third kappa shape index (κ3) is 4.30. The third-order valence-electron chi connectivity index (χ3n) is 3.61. The molecular formula is C20H18N2O4. The first kappa shape index (κ1) is 17.3. The number of hydrogen-bond donors (Lipinski definition) is 2. The predicted octanol–water partition coefficient (Wildman–Crippen LogP) is 4.18. The molecule has 3 rings (SSSR count). The van der Waals surface area contributed by atoms with E-state index in [1.807, 2.05) is 6.92 Å². The van der Waals surface area contributed by atoms with E-state index in [-0.39, 0.29) is 11.8 Å². The molecule has 0 radical (unpaired) electrons. The van der Waals surface area contributed by atoms with Crippen LogP contribution in [0.1, 0.15) is 27.6 Å². The first-order valence-electron chi connectivity index (χ1n) is 8.13. The number of carbonyl (C=O) groups is 2. The molecule has 26 heavy (non-hydrogen) atoms. The van der Waals surface area contributed by atoms with Gasteiger partial charge in [-0.25, -0.2) is 0 Å². The zero-order valence-corrected chi connectivity index (χ0v) is 14.2. The zero-order chi connectivity index (χ0) is 18.4. The van der Waals surface area contributed by atoms with E-state index in [2.05, 4.69) is 10.6 Å². The minimum absolute atomic E-state index is 0.234. The molecule has 132 valence electrons. The topological polar surface area (TPSA) is 80.6 Å². The highest BCUT2D eigenvalue weighted by Gasteiger charge is 2.09. The number of amides is 2. The summed E-state index contributed by atoms with van der Waals surface area (Å²) in [5, 5.41) is 5.55. The van der Waals surface area contributed by atoms with Crippen molar-refractivity contribution < 1.29 is 18.7 Å². The van der Waals surface area contributed by atoms with Crippen molar-refractivity contribution >= 4 is 23.2 Å². The van der Waals surface area contributed by atoms with Crippen molar-refractivity contribution in [1.29, 1.82) is 0 Å². The van der Waals surface area contributed by atoms with E-state index in [1.165, 1.54) is 12.5 Å². The molecule has 0 aliphatic heterocycles. The van der Waals surface area contributed by atoms with Crippen molar-refractivity contribution in [3.8, 4) is 5.75 Å². The Labute approximate surface area is 150 Å². The molecule has 6 heteroatoms. The van der Waals surface area contributed by atoms with Gasteiger partial charge in [-0.15, -0.1) is 0 Å². The Morgan fingerprint density at radius 1 is 0.846 bits per heavy atom. The zero-order valence-electron chi connectivity index (χ0n) is 14.2. The van der Waals surface area contributed by atoms with Gasteiger partial charge in [-0.2, -0.15) is 0 Å². The Morgan fingerprint density at radius 2 is 1.42 bits per heavy atom. The van der Waals surface area contributed by atoms with E-state index in [9.17, 15) is 9.59 Å². The van der Waals surface area contributed by atoms with E-state index >= 15 is 0 Å². The van der Waals surface area contributed by atoms with Crippen LogP contribution in [0.3, 0.4) is 0 Å². The number of carbonyl (C=O) groups excluding carboxylic acids is 2.